The van der Waals surface area contributed by atoms with Crippen molar-refractivity contribution in [2.45, 2.75) is 6.04 Å². The van der Waals surface area contributed by atoms with E-state index < -0.39 is 0 Å². The number of phenols is 1. The van der Waals surface area contributed by atoms with Gasteiger partial charge in [0.2, 0.25) is 0 Å². The second kappa shape index (κ2) is 8.28. The van der Waals surface area contributed by atoms with Crippen molar-refractivity contribution in [1.29, 1.82) is 0 Å². The second-order valence-corrected chi connectivity index (χ2v) is 6.58. The topological polar surface area (TPSA) is 54.3 Å². The van der Waals surface area contributed by atoms with Crippen molar-refractivity contribution in [2.75, 3.05) is 40.0 Å². The van der Waals surface area contributed by atoms with E-state index in [1.165, 1.54) is 4.88 Å². The van der Waals surface area contributed by atoms with Crippen molar-refractivity contribution in [3.05, 3.63) is 46.2 Å². The van der Waals surface area contributed by atoms with Crippen LogP contribution in [0.15, 0.2) is 40.7 Å². The Kier molecular flexibility index (Phi) is 5.85. The monoisotopic (exact) mass is 346 g/mol. The molecule has 0 saturated carbocycles. The molecule has 0 amide bonds. The second-order valence-electron chi connectivity index (χ2n) is 5.60. The summed E-state index contributed by atoms with van der Waals surface area (Å²) >= 11 is 1.75. The van der Waals surface area contributed by atoms with Crippen LogP contribution in [0.25, 0.3) is 0 Å². The number of hydrogen-bond acceptors (Lipinski definition) is 6. The minimum atomic E-state index is 0.207. The van der Waals surface area contributed by atoms with E-state index in [1.54, 1.807) is 42.9 Å². The van der Waals surface area contributed by atoms with Crippen LogP contribution >= 0.6 is 11.3 Å². The molecule has 1 saturated heterocycles. The largest absolute Gasteiger partial charge is 0.507 e. The predicted molar refractivity (Wildman–Crippen MR) is 96.6 cm³/mol. The maximum atomic E-state index is 9.96. The summed E-state index contributed by atoms with van der Waals surface area (Å²) in [5, 5.41) is 12.1. The number of phenolic OH excluding ortho intramolecular Hbond substituents is 1. The average Bonchev–Trinajstić information content (AvgIpc) is 3.15. The molecule has 128 valence electrons. The number of rotatable bonds is 6. The van der Waals surface area contributed by atoms with Crippen molar-refractivity contribution in [2.24, 2.45) is 4.99 Å². The molecular formula is C18H22N2O3S. The van der Waals surface area contributed by atoms with E-state index in [-0.39, 0.29) is 11.8 Å². The molecule has 1 atom stereocenters. The zero-order chi connectivity index (χ0) is 16.8. The number of methoxy groups -OCH3 is 1. The highest BCUT2D eigenvalue weighted by molar-refractivity contribution is 7.10. The van der Waals surface area contributed by atoms with Gasteiger partial charge in [0.05, 0.1) is 32.9 Å². The van der Waals surface area contributed by atoms with E-state index in [0.29, 0.717) is 17.9 Å². The summed E-state index contributed by atoms with van der Waals surface area (Å²) in [7, 11) is 1.61. The first-order valence-electron chi connectivity index (χ1n) is 8.00. The third kappa shape index (κ3) is 4.14. The SMILES string of the molecule is COc1ccc(O)c(C=NC[C@@H](c2cccs2)N2CCOCC2)c1. The summed E-state index contributed by atoms with van der Waals surface area (Å²) in [6.07, 6.45) is 1.72. The Labute approximate surface area is 146 Å². The lowest BCUT2D eigenvalue weighted by molar-refractivity contribution is 0.0187. The maximum absolute atomic E-state index is 9.96. The molecule has 0 spiro atoms. The first-order chi connectivity index (χ1) is 11.8. The maximum Gasteiger partial charge on any atom is 0.124 e. The molecule has 2 aromatic rings. The Morgan fingerprint density at radius 2 is 2.21 bits per heavy atom. The number of morpholine rings is 1. The van der Waals surface area contributed by atoms with Crippen molar-refractivity contribution in [3.8, 4) is 11.5 Å². The third-order valence-electron chi connectivity index (χ3n) is 4.10. The van der Waals surface area contributed by atoms with Gasteiger partial charge in [0, 0.05) is 29.7 Å². The molecule has 0 aliphatic carbocycles. The Balaban J connectivity index is 1.73. The molecule has 0 radical (unpaired) electrons. The van der Waals surface area contributed by atoms with Crippen molar-refractivity contribution in [1.82, 2.24) is 4.90 Å². The van der Waals surface area contributed by atoms with Crippen molar-refractivity contribution >= 4 is 17.6 Å². The van der Waals surface area contributed by atoms with Gasteiger partial charge in [0.25, 0.3) is 0 Å². The molecule has 2 heterocycles. The van der Waals surface area contributed by atoms with Crippen LogP contribution in [-0.4, -0.2) is 56.2 Å². The number of benzene rings is 1. The van der Waals surface area contributed by atoms with Crippen LogP contribution in [0.4, 0.5) is 0 Å². The lowest BCUT2D eigenvalue weighted by Crippen LogP contribution is -2.39. The van der Waals surface area contributed by atoms with Gasteiger partial charge in [-0.25, -0.2) is 0 Å². The standard InChI is InChI=1S/C18H22N2O3S/c1-22-15-4-5-17(21)14(11-15)12-19-13-16(18-3-2-10-24-18)20-6-8-23-9-7-20/h2-5,10-12,16,21H,6-9,13H2,1H3/t16-/m0/s1. The fraction of sp³-hybridized carbons (Fsp3) is 0.389. The molecule has 1 N–H and O–H groups in total. The van der Waals surface area contributed by atoms with Gasteiger partial charge < -0.3 is 14.6 Å². The number of thiophene rings is 1. The average molecular weight is 346 g/mol. The van der Waals surface area contributed by atoms with Crippen LogP contribution < -0.4 is 4.74 Å². The number of aromatic hydroxyl groups is 1. The Hall–Kier alpha value is -1.89. The Bertz CT molecular complexity index is 667. The van der Waals surface area contributed by atoms with Gasteiger partial charge in [-0.2, -0.15) is 0 Å². The fourth-order valence-electron chi connectivity index (χ4n) is 2.77. The molecule has 1 aromatic heterocycles. The molecule has 1 fully saturated rings. The third-order valence-corrected chi connectivity index (χ3v) is 5.08. The van der Waals surface area contributed by atoms with Gasteiger partial charge in [-0.05, 0) is 29.6 Å². The molecule has 0 unspecified atom stereocenters. The quantitative estimate of drug-likeness (QED) is 0.817. The van der Waals surface area contributed by atoms with E-state index >= 15 is 0 Å². The fourth-order valence-corrected chi connectivity index (χ4v) is 3.62. The van der Waals surface area contributed by atoms with Crippen molar-refractivity contribution < 1.29 is 14.6 Å². The van der Waals surface area contributed by atoms with E-state index in [9.17, 15) is 5.11 Å². The highest BCUT2D eigenvalue weighted by Crippen LogP contribution is 2.27. The minimum Gasteiger partial charge on any atom is -0.507 e. The number of ether oxygens (including phenoxy) is 2. The van der Waals surface area contributed by atoms with E-state index in [0.717, 1.165) is 26.3 Å². The minimum absolute atomic E-state index is 0.207. The lowest BCUT2D eigenvalue weighted by atomic mass is 10.2. The molecule has 1 aliphatic rings. The highest BCUT2D eigenvalue weighted by atomic mass is 32.1. The van der Waals surface area contributed by atoms with Gasteiger partial charge in [-0.3, -0.25) is 9.89 Å². The summed E-state index contributed by atoms with van der Waals surface area (Å²) in [5.74, 6) is 0.913. The summed E-state index contributed by atoms with van der Waals surface area (Å²) < 4.78 is 10.7. The summed E-state index contributed by atoms with van der Waals surface area (Å²) in [6.45, 7) is 4.02. The Morgan fingerprint density at radius 1 is 1.38 bits per heavy atom. The molecule has 1 aromatic carbocycles. The van der Waals surface area contributed by atoms with Crippen LogP contribution in [0.5, 0.6) is 11.5 Å². The summed E-state index contributed by atoms with van der Waals surface area (Å²) in [6, 6.07) is 9.62. The number of nitrogens with zero attached hydrogens (tertiary/aromatic N) is 2. The van der Waals surface area contributed by atoms with E-state index in [4.69, 9.17) is 9.47 Å². The molecule has 24 heavy (non-hydrogen) atoms. The molecular weight excluding hydrogens is 324 g/mol. The molecule has 5 nitrogen and oxygen atoms in total. The smallest absolute Gasteiger partial charge is 0.124 e. The zero-order valence-corrected chi connectivity index (χ0v) is 14.5. The lowest BCUT2D eigenvalue weighted by Gasteiger charge is -2.33. The van der Waals surface area contributed by atoms with Gasteiger partial charge in [-0.1, -0.05) is 6.07 Å². The molecule has 6 heteroatoms. The molecule has 0 bridgehead atoms. The zero-order valence-electron chi connectivity index (χ0n) is 13.7. The van der Waals surface area contributed by atoms with Crippen molar-refractivity contribution in [3.63, 3.8) is 0 Å². The number of aliphatic imine (C=N–C) groups is 1. The van der Waals surface area contributed by atoms with Crippen LogP contribution in [-0.2, 0) is 4.74 Å². The normalized spacial score (nSPS) is 17.2. The van der Waals surface area contributed by atoms with Gasteiger partial charge in [-0.15, -0.1) is 11.3 Å². The summed E-state index contributed by atoms with van der Waals surface area (Å²) in [5.41, 5.74) is 0.668. The first kappa shape index (κ1) is 17.0. The first-order valence-corrected chi connectivity index (χ1v) is 8.88. The predicted octanol–water partition coefficient (Wildman–Crippen LogP) is 2.95. The van der Waals surface area contributed by atoms with Crippen LogP contribution in [0, 0.1) is 0 Å². The Morgan fingerprint density at radius 3 is 2.92 bits per heavy atom. The van der Waals surface area contributed by atoms with E-state index in [1.807, 2.05) is 0 Å². The van der Waals surface area contributed by atoms with Gasteiger partial charge in [0.15, 0.2) is 0 Å². The van der Waals surface area contributed by atoms with E-state index in [2.05, 4.69) is 27.4 Å². The van der Waals surface area contributed by atoms with Crippen LogP contribution in [0.2, 0.25) is 0 Å². The summed E-state index contributed by atoms with van der Waals surface area (Å²) in [4.78, 5) is 8.32. The highest BCUT2D eigenvalue weighted by Gasteiger charge is 2.22. The molecule has 1 aliphatic heterocycles. The number of hydrogen-bond donors (Lipinski definition) is 1. The van der Waals surface area contributed by atoms with Crippen LogP contribution in [0.3, 0.4) is 0 Å². The van der Waals surface area contributed by atoms with Gasteiger partial charge in [0.1, 0.15) is 11.5 Å². The molecule has 3 rings (SSSR count). The van der Waals surface area contributed by atoms with Crippen LogP contribution in [0.1, 0.15) is 16.5 Å². The van der Waals surface area contributed by atoms with Gasteiger partial charge >= 0.3 is 0 Å².